The fourth-order valence-corrected chi connectivity index (χ4v) is 10.4. The number of nitro benzene ring substituents is 2. The minimum Gasteiger partial charge on any atom is -0.431 e. The zero-order chi connectivity index (χ0) is 61.9. The molecular weight excluding hydrogens is 1110 g/mol. The summed E-state index contributed by atoms with van der Waals surface area (Å²) in [5, 5.41) is 62.3. The lowest BCUT2D eigenvalue weighted by Gasteiger charge is -2.14. The summed E-state index contributed by atoms with van der Waals surface area (Å²) in [6.45, 7) is 2.80. The van der Waals surface area contributed by atoms with Crippen LogP contribution in [0.2, 0.25) is 0 Å². The average molecular weight is 1170 g/mol. The monoisotopic (exact) mass is 1170 g/mol. The van der Waals surface area contributed by atoms with Gasteiger partial charge in [0.15, 0.2) is 5.78 Å². The van der Waals surface area contributed by atoms with Crippen LogP contribution < -0.4 is 33.6 Å². The second kappa shape index (κ2) is 30.7. The molecule has 0 radical (unpaired) electrons. The third-order valence-electron chi connectivity index (χ3n) is 14.8. The molecule has 0 bridgehead atoms. The minimum absolute atomic E-state index is 0.0166. The summed E-state index contributed by atoms with van der Waals surface area (Å²) in [7, 11) is 0. The third kappa shape index (κ3) is 15.5. The molecule has 5 aromatic heterocycles. The van der Waals surface area contributed by atoms with E-state index in [9.17, 15) is 49.0 Å². The number of pyridine rings is 4. The Morgan fingerprint density at radius 2 is 0.895 bits per heavy atom. The topological polar surface area (TPSA) is 328 Å². The number of aromatic nitrogens is 4. The van der Waals surface area contributed by atoms with E-state index in [1.807, 2.05) is 43.3 Å². The van der Waals surface area contributed by atoms with Gasteiger partial charge < -0.3 is 48.8 Å². The first-order chi connectivity index (χ1) is 41.5. The molecule has 6 N–H and O–H groups in total. The number of benzene rings is 5. The predicted octanol–water partition coefficient (Wildman–Crippen LogP) is 8.41. The number of nitro groups is 2. The zero-order valence-corrected chi connectivity index (χ0v) is 47.4. The molecule has 1 aliphatic carbocycles. The molecule has 0 spiro atoms. The van der Waals surface area contributed by atoms with Crippen molar-refractivity contribution in [1.29, 1.82) is 0 Å². The van der Waals surface area contributed by atoms with E-state index in [-0.39, 0.29) is 89.7 Å². The summed E-state index contributed by atoms with van der Waals surface area (Å²) in [6, 6.07) is 33.4. The van der Waals surface area contributed by atoms with Gasteiger partial charge in [0, 0.05) is 102 Å². The number of non-ortho nitro benzene ring substituents is 2. The molecule has 0 amide bonds. The van der Waals surface area contributed by atoms with Crippen molar-refractivity contribution in [3.05, 3.63) is 236 Å². The van der Waals surface area contributed by atoms with Crippen molar-refractivity contribution in [3.8, 4) is 0 Å². The Balaban J connectivity index is 0.000000157. The van der Waals surface area contributed by atoms with Crippen molar-refractivity contribution < 1.29 is 39.5 Å². The van der Waals surface area contributed by atoms with E-state index >= 15 is 0 Å². The first-order valence-electron chi connectivity index (χ1n) is 28.0. The van der Waals surface area contributed by atoms with Gasteiger partial charge in [-0.15, -0.1) is 0 Å². The van der Waals surface area contributed by atoms with E-state index < -0.39 is 15.5 Å². The van der Waals surface area contributed by atoms with Gasteiger partial charge in [-0.25, -0.2) is 4.79 Å². The lowest BCUT2D eigenvalue weighted by molar-refractivity contribution is -0.383. The van der Waals surface area contributed by atoms with Gasteiger partial charge in [0.25, 0.3) is 33.6 Å². The maximum Gasteiger partial charge on any atom is 0.343 e. The van der Waals surface area contributed by atoms with E-state index in [1.54, 1.807) is 61.1 Å². The summed E-state index contributed by atoms with van der Waals surface area (Å²) < 4.78 is 10.4. The average Bonchev–Trinajstić information content (AvgIpc) is 1.66. The smallest absolute Gasteiger partial charge is 0.343 e. The van der Waals surface area contributed by atoms with Crippen molar-refractivity contribution in [3.63, 3.8) is 0 Å². The number of aliphatic hydroxyl groups excluding tert-OH is 4. The van der Waals surface area contributed by atoms with Crippen LogP contribution in [0.25, 0.3) is 53.9 Å². The van der Waals surface area contributed by atoms with Crippen LogP contribution in [0.5, 0.6) is 0 Å². The number of nitrogen functional groups attached to an aromatic ring is 1. The molecule has 0 unspecified atom stereocenters. The number of fused-ring (bicyclic) bond motifs is 5. The molecular formula is C64H67N7O15. The van der Waals surface area contributed by atoms with Crippen molar-refractivity contribution in [2.45, 2.75) is 84.5 Å². The molecule has 0 saturated heterocycles. The summed E-state index contributed by atoms with van der Waals surface area (Å²) in [5.41, 5.74) is 6.73. The zero-order valence-electron chi connectivity index (χ0n) is 47.4. The van der Waals surface area contributed by atoms with Gasteiger partial charge in [0.2, 0.25) is 0 Å². The Hall–Kier alpha value is -9.74. The number of nitrogens with two attached hydrogens (primary N) is 1. The number of hydrogen-bond donors (Lipinski definition) is 5. The molecule has 11 rings (SSSR count). The Kier molecular flexibility index (Phi) is 22.8. The van der Waals surface area contributed by atoms with Crippen molar-refractivity contribution in [1.82, 2.24) is 18.3 Å². The van der Waals surface area contributed by atoms with Crippen molar-refractivity contribution in [2.24, 2.45) is 5.92 Å². The van der Waals surface area contributed by atoms with Gasteiger partial charge in [-0.1, -0.05) is 81.0 Å². The molecule has 5 heterocycles. The molecule has 1 saturated carbocycles. The number of carbonyl (C=O) groups excluding carboxylic acids is 1. The van der Waals surface area contributed by atoms with E-state index in [4.69, 9.17) is 26.2 Å². The molecule has 1 aliphatic rings. The molecule has 1 fully saturated rings. The Bertz CT molecular complexity index is 4250. The van der Waals surface area contributed by atoms with E-state index in [0.29, 0.717) is 63.6 Å². The highest BCUT2D eigenvalue weighted by Gasteiger charge is 2.18. The van der Waals surface area contributed by atoms with E-state index in [1.165, 1.54) is 105 Å². The largest absolute Gasteiger partial charge is 0.431 e. The lowest BCUT2D eigenvalue weighted by Crippen LogP contribution is -2.21. The number of aliphatic hydroxyl groups is 4. The molecule has 22 nitrogen and oxygen atoms in total. The third-order valence-corrected chi connectivity index (χ3v) is 14.8. The summed E-state index contributed by atoms with van der Waals surface area (Å²) in [6.07, 6.45) is 16.9. The molecule has 5 aromatic carbocycles. The van der Waals surface area contributed by atoms with Crippen LogP contribution >= 0.6 is 0 Å². The van der Waals surface area contributed by atoms with Crippen LogP contribution in [-0.2, 0) is 26.2 Å². The summed E-state index contributed by atoms with van der Waals surface area (Å²) in [4.78, 5) is 92.5. The first-order valence-corrected chi connectivity index (χ1v) is 28.0. The van der Waals surface area contributed by atoms with Gasteiger partial charge in [-0.05, 0) is 102 Å². The number of carbonyl (C=O) groups is 1. The Morgan fingerprint density at radius 1 is 0.500 bits per heavy atom. The molecule has 448 valence electrons. The Morgan fingerprint density at radius 3 is 1.40 bits per heavy atom. The number of aryl methyl sites for hydroxylation is 1. The predicted molar refractivity (Wildman–Crippen MR) is 331 cm³/mol. The number of Topliss-reactive ketones (excluding diaryl/α,β-unsaturated/α-hetero) is 1. The molecule has 0 atom stereocenters. The number of hydrogen-bond acceptors (Lipinski definition) is 16. The fourth-order valence-electron chi connectivity index (χ4n) is 10.4. The van der Waals surface area contributed by atoms with Crippen LogP contribution in [0.4, 0.5) is 17.1 Å². The fraction of sp³-hybridized carbons (Fsp3) is 0.281. The maximum absolute atomic E-state index is 12.8. The molecule has 0 aliphatic heterocycles. The minimum atomic E-state index is -0.564. The molecule has 22 heteroatoms. The number of nitrogens with zero attached hydrogens (tertiary/aromatic N) is 6. The van der Waals surface area contributed by atoms with Crippen molar-refractivity contribution in [2.75, 3.05) is 32.2 Å². The second-order valence-electron chi connectivity index (χ2n) is 20.3. The summed E-state index contributed by atoms with van der Waals surface area (Å²) >= 11 is 0. The summed E-state index contributed by atoms with van der Waals surface area (Å²) in [5.74, 6) is 0.803. The number of anilines is 1. The molecule has 86 heavy (non-hydrogen) atoms. The van der Waals surface area contributed by atoms with Crippen LogP contribution in [-0.4, -0.2) is 80.8 Å². The first kappa shape index (κ1) is 63.8. The second-order valence-corrected chi connectivity index (χ2v) is 20.3. The van der Waals surface area contributed by atoms with Crippen LogP contribution in [0.3, 0.4) is 0 Å². The highest BCUT2D eigenvalue weighted by Crippen LogP contribution is 2.29. The maximum atomic E-state index is 12.8. The van der Waals surface area contributed by atoms with Gasteiger partial charge in [0.1, 0.15) is 0 Å². The highest BCUT2D eigenvalue weighted by molar-refractivity contribution is 6.08. The number of ketones is 1. The SMILES string of the molecule is Cc1cccc2c(=O)n(CCO)ccc12.Nc1cccc2c(=O)n(CCO)ccc12.O=C(CCC1CCCCCC1)c1cccc2c(=O)n(CCO)ccc12.O=c1c2cccc([N+](=O)[O-])c2ccn1CCO.O=c1occc2c([N+](=O)[O-])cccc12. The quantitative estimate of drug-likeness (QED) is 0.0224. The van der Waals surface area contributed by atoms with Gasteiger partial charge >= 0.3 is 5.63 Å². The highest BCUT2D eigenvalue weighted by atomic mass is 16.6. The van der Waals surface area contributed by atoms with Crippen LogP contribution in [0.15, 0.2) is 181 Å². The van der Waals surface area contributed by atoms with Crippen molar-refractivity contribution >= 4 is 76.7 Å². The number of rotatable bonds is 14. The van der Waals surface area contributed by atoms with E-state index in [0.717, 1.165) is 34.4 Å². The van der Waals surface area contributed by atoms with Crippen LogP contribution in [0.1, 0.15) is 67.3 Å². The van der Waals surface area contributed by atoms with E-state index in [2.05, 4.69) is 4.42 Å². The normalized spacial score (nSPS) is 12.2. The van der Waals surface area contributed by atoms with Gasteiger partial charge in [-0.3, -0.25) is 44.2 Å². The Labute approximate surface area is 490 Å². The van der Waals surface area contributed by atoms with Gasteiger partial charge in [0.05, 0.1) is 64.1 Å². The van der Waals surface area contributed by atoms with Crippen LogP contribution in [0, 0.1) is 33.1 Å². The van der Waals surface area contributed by atoms with Gasteiger partial charge in [-0.2, -0.15) is 0 Å². The molecule has 10 aromatic rings. The lowest BCUT2D eigenvalue weighted by atomic mass is 9.91. The standard InChI is InChI=1S/C21H27NO3.C12H13NO2.C11H10N2O4.C11H12N2O2.C9H5NO4/c23-15-14-22-13-12-17-18(8-5-9-19(17)21(22)25)20(24)11-10-16-6-3-1-2-4-7-16;1-9-3-2-4-11-10(9)5-6-13(7-8-14)12(11)15;14-7-6-12-5-4-8-9(11(12)15)2-1-3-10(8)13(16)17;12-10-3-1-2-9-8(10)4-5-13(6-7-14)11(9)15;11-9-7-2-1-3-8(10(12)13)6(7)4-5-14-9/h5,8-9,12-13,16,23H,1-4,6-7,10-11,14-15H2;2-6,14H,7-8H2,1H3;1-5,14H,6-7H2;1-5,14H,6-7,12H2;1-5H.